The van der Waals surface area contributed by atoms with Gasteiger partial charge in [-0.25, -0.2) is 4.79 Å². The fraction of sp³-hybridized carbons (Fsp3) is 0.182. The Balaban J connectivity index is 2.20. The van der Waals surface area contributed by atoms with Crippen molar-refractivity contribution in [3.8, 4) is 5.75 Å². The Morgan fingerprint density at radius 1 is 1.56 bits per heavy atom. The molecule has 2 aromatic rings. The van der Waals surface area contributed by atoms with Gasteiger partial charge < -0.3 is 9.84 Å². The lowest BCUT2D eigenvalue weighted by atomic mass is 10.2. The summed E-state index contributed by atoms with van der Waals surface area (Å²) < 4.78 is 7.63. The smallest absolute Gasteiger partial charge is 0.339 e. The van der Waals surface area contributed by atoms with E-state index in [0.29, 0.717) is 10.2 Å². The van der Waals surface area contributed by atoms with Gasteiger partial charge in [-0.1, -0.05) is 11.3 Å². The number of para-hydroxylation sites is 1. The van der Waals surface area contributed by atoms with E-state index in [1.54, 1.807) is 30.1 Å². The van der Waals surface area contributed by atoms with Crippen LogP contribution in [0.4, 0.5) is 0 Å². The van der Waals surface area contributed by atoms with E-state index >= 15 is 0 Å². The molecule has 0 unspecified atom stereocenters. The number of ether oxygens (including phenoxy) is 1. The van der Waals surface area contributed by atoms with Crippen LogP contribution in [0.15, 0.2) is 28.9 Å². The molecule has 0 radical (unpaired) electrons. The molecular weight excluding hydrogens is 302 g/mol. The van der Waals surface area contributed by atoms with Gasteiger partial charge in [0.2, 0.25) is 0 Å². The molecule has 0 saturated heterocycles. The molecular formula is C11H10BrN3O3. The van der Waals surface area contributed by atoms with Gasteiger partial charge in [-0.05, 0) is 28.1 Å². The highest BCUT2D eigenvalue weighted by Crippen LogP contribution is 2.29. The molecule has 94 valence electrons. The van der Waals surface area contributed by atoms with Crippen LogP contribution in [0, 0.1) is 0 Å². The third-order valence-corrected chi connectivity index (χ3v) is 2.84. The van der Waals surface area contributed by atoms with Crippen LogP contribution in [-0.4, -0.2) is 26.1 Å². The quantitative estimate of drug-likeness (QED) is 0.932. The lowest BCUT2D eigenvalue weighted by Crippen LogP contribution is -2.04. The number of aromatic carboxylic acids is 1. The summed E-state index contributed by atoms with van der Waals surface area (Å²) in [5.41, 5.74) is 0.734. The average Bonchev–Trinajstić information content (AvgIpc) is 2.73. The fourth-order valence-electron chi connectivity index (χ4n) is 1.43. The molecule has 6 nitrogen and oxygen atoms in total. The second-order valence-corrected chi connectivity index (χ2v) is 4.45. The molecule has 1 aromatic heterocycles. The number of halogens is 1. The number of carbonyl (C=O) groups is 1. The summed E-state index contributed by atoms with van der Waals surface area (Å²) in [5, 5.41) is 16.7. The lowest BCUT2D eigenvalue weighted by Gasteiger charge is -2.09. The van der Waals surface area contributed by atoms with Crippen molar-refractivity contribution in [3.05, 3.63) is 40.1 Å². The molecule has 0 saturated carbocycles. The summed E-state index contributed by atoms with van der Waals surface area (Å²) in [4.78, 5) is 11.1. The minimum Gasteiger partial charge on any atom is -0.485 e. The van der Waals surface area contributed by atoms with Crippen LogP contribution >= 0.6 is 15.9 Å². The van der Waals surface area contributed by atoms with Crippen molar-refractivity contribution >= 4 is 21.9 Å². The number of carboxylic acids is 1. The summed E-state index contributed by atoms with van der Waals surface area (Å²) in [7, 11) is 1.75. The number of aromatic nitrogens is 3. The summed E-state index contributed by atoms with van der Waals surface area (Å²) in [5.74, 6) is -0.749. The molecule has 2 rings (SSSR count). The van der Waals surface area contributed by atoms with Gasteiger partial charge in [-0.2, -0.15) is 0 Å². The SMILES string of the molecule is Cn1cc(COc2c(Br)cccc2C(=O)O)nn1. The zero-order chi connectivity index (χ0) is 13.1. The number of hydrogen-bond donors (Lipinski definition) is 1. The van der Waals surface area contributed by atoms with Crippen molar-refractivity contribution in [1.82, 2.24) is 15.0 Å². The van der Waals surface area contributed by atoms with Crippen LogP contribution < -0.4 is 4.74 Å². The summed E-state index contributed by atoms with van der Waals surface area (Å²) >= 11 is 3.26. The number of hydrogen-bond acceptors (Lipinski definition) is 4. The van der Waals surface area contributed by atoms with E-state index in [1.807, 2.05) is 0 Å². The summed E-state index contributed by atoms with van der Waals surface area (Å²) in [6.45, 7) is 0.163. The van der Waals surface area contributed by atoms with Crippen molar-refractivity contribution in [3.63, 3.8) is 0 Å². The first-order valence-corrected chi connectivity index (χ1v) is 5.87. The zero-order valence-corrected chi connectivity index (χ0v) is 11.1. The first-order chi connectivity index (χ1) is 8.58. The maximum absolute atomic E-state index is 11.1. The van der Waals surface area contributed by atoms with Crippen LogP contribution in [0.3, 0.4) is 0 Å². The molecule has 7 heteroatoms. The molecule has 1 aromatic carbocycles. The molecule has 0 aliphatic heterocycles. The Hall–Kier alpha value is -1.89. The highest BCUT2D eigenvalue weighted by molar-refractivity contribution is 9.10. The van der Waals surface area contributed by atoms with Gasteiger partial charge in [0.05, 0.1) is 10.7 Å². The molecule has 0 spiro atoms. The first-order valence-electron chi connectivity index (χ1n) is 5.07. The minimum atomic E-state index is -1.04. The van der Waals surface area contributed by atoms with E-state index in [4.69, 9.17) is 9.84 Å². The molecule has 0 amide bonds. The maximum Gasteiger partial charge on any atom is 0.339 e. The summed E-state index contributed by atoms with van der Waals surface area (Å²) in [6, 6.07) is 4.85. The van der Waals surface area contributed by atoms with Gasteiger partial charge in [0.1, 0.15) is 23.6 Å². The van der Waals surface area contributed by atoms with Gasteiger partial charge in [0.25, 0.3) is 0 Å². The monoisotopic (exact) mass is 311 g/mol. The fourth-order valence-corrected chi connectivity index (χ4v) is 1.91. The highest BCUT2D eigenvalue weighted by Gasteiger charge is 2.14. The predicted molar refractivity (Wildman–Crippen MR) is 66.4 cm³/mol. The van der Waals surface area contributed by atoms with Gasteiger partial charge in [-0.15, -0.1) is 5.10 Å². The minimum absolute atomic E-state index is 0.105. The standard InChI is InChI=1S/C11H10BrN3O3/c1-15-5-7(13-14-15)6-18-10-8(11(16)17)3-2-4-9(10)12/h2-5H,6H2,1H3,(H,16,17). The van der Waals surface area contributed by atoms with Crippen LogP contribution in [0.5, 0.6) is 5.75 Å². The number of rotatable bonds is 4. The third kappa shape index (κ3) is 2.67. The lowest BCUT2D eigenvalue weighted by molar-refractivity contribution is 0.0691. The molecule has 0 aliphatic rings. The molecule has 1 N–H and O–H groups in total. The molecule has 0 bridgehead atoms. The Labute approximate surface area is 111 Å². The zero-order valence-electron chi connectivity index (χ0n) is 9.50. The number of carboxylic acid groups (broad SMARTS) is 1. The summed E-state index contributed by atoms with van der Waals surface area (Å²) in [6.07, 6.45) is 1.71. The van der Waals surface area contributed by atoms with Crippen LogP contribution in [0.25, 0.3) is 0 Å². The van der Waals surface area contributed by atoms with Crippen molar-refractivity contribution in [2.45, 2.75) is 6.61 Å². The molecule has 1 heterocycles. The number of benzene rings is 1. The Kier molecular flexibility index (Phi) is 3.61. The highest BCUT2D eigenvalue weighted by atomic mass is 79.9. The van der Waals surface area contributed by atoms with E-state index < -0.39 is 5.97 Å². The van der Waals surface area contributed by atoms with E-state index in [0.717, 1.165) is 0 Å². The van der Waals surface area contributed by atoms with Crippen molar-refractivity contribution in [2.24, 2.45) is 7.05 Å². The predicted octanol–water partition coefficient (Wildman–Crippen LogP) is 1.85. The van der Waals surface area contributed by atoms with Crippen molar-refractivity contribution in [2.75, 3.05) is 0 Å². The van der Waals surface area contributed by atoms with Gasteiger partial charge in [-0.3, -0.25) is 4.68 Å². The van der Waals surface area contributed by atoms with E-state index in [9.17, 15) is 4.79 Å². The van der Waals surface area contributed by atoms with Crippen LogP contribution in [0.2, 0.25) is 0 Å². The average molecular weight is 312 g/mol. The van der Waals surface area contributed by atoms with Crippen molar-refractivity contribution in [1.29, 1.82) is 0 Å². The largest absolute Gasteiger partial charge is 0.485 e. The Morgan fingerprint density at radius 2 is 2.33 bits per heavy atom. The normalized spacial score (nSPS) is 10.3. The third-order valence-electron chi connectivity index (χ3n) is 2.21. The van der Waals surface area contributed by atoms with E-state index in [-0.39, 0.29) is 17.9 Å². The number of nitrogens with zero attached hydrogens (tertiary/aromatic N) is 3. The van der Waals surface area contributed by atoms with Crippen LogP contribution in [-0.2, 0) is 13.7 Å². The van der Waals surface area contributed by atoms with Crippen molar-refractivity contribution < 1.29 is 14.6 Å². The van der Waals surface area contributed by atoms with E-state index in [1.165, 1.54) is 6.07 Å². The van der Waals surface area contributed by atoms with Gasteiger partial charge >= 0.3 is 5.97 Å². The Morgan fingerprint density at radius 3 is 2.94 bits per heavy atom. The second kappa shape index (κ2) is 5.18. The van der Waals surface area contributed by atoms with Gasteiger partial charge in [0, 0.05) is 7.05 Å². The van der Waals surface area contributed by atoms with Gasteiger partial charge in [0.15, 0.2) is 0 Å². The second-order valence-electron chi connectivity index (χ2n) is 3.59. The molecule has 0 atom stereocenters. The molecule has 0 aliphatic carbocycles. The van der Waals surface area contributed by atoms with E-state index in [2.05, 4.69) is 26.2 Å². The first kappa shape index (κ1) is 12.6. The molecule has 18 heavy (non-hydrogen) atoms. The maximum atomic E-state index is 11.1. The topological polar surface area (TPSA) is 77.2 Å². The van der Waals surface area contributed by atoms with Crippen LogP contribution in [0.1, 0.15) is 16.1 Å². The Bertz CT molecular complexity index is 583. The number of aryl methyl sites for hydroxylation is 1. The molecule has 0 fully saturated rings.